The highest BCUT2D eigenvalue weighted by Gasteiger charge is 2.41. The SMILES string of the molecule is O=[N+]([O-])c1ccc(Sc2ccc(N3C(=S)N[C@H](c4ccccn4)[C@@H]3c3ccc[nH]3)cc2)cc1. The number of nitro benzene ring substituents is 1. The standard InChI is InChI=1S/C24H19N5O2S2/c30-29(31)17-8-12-19(13-9-17)33-18-10-6-16(7-11-18)28-23(21-5-3-15-26-21)22(27-24(28)32)20-4-1-2-14-25-20/h1-15,22-23,26H,(H,27,32)/t22-,23+/m1/s1. The van der Waals surface area contributed by atoms with Gasteiger partial charge in [-0.1, -0.05) is 17.8 Å². The summed E-state index contributed by atoms with van der Waals surface area (Å²) in [6.07, 6.45) is 3.70. The van der Waals surface area contributed by atoms with Crippen LogP contribution in [0.2, 0.25) is 0 Å². The van der Waals surface area contributed by atoms with Crippen molar-refractivity contribution in [2.45, 2.75) is 21.9 Å². The molecule has 164 valence electrons. The Morgan fingerprint density at radius 1 is 0.970 bits per heavy atom. The second-order valence-corrected chi connectivity index (χ2v) is 9.00. The molecule has 1 saturated heterocycles. The number of nitro groups is 1. The molecule has 1 aliphatic rings. The van der Waals surface area contributed by atoms with Gasteiger partial charge in [-0.05, 0) is 72.9 Å². The van der Waals surface area contributed by atoms with E-state index in [1.54, 1.807) is 30.1 Å². The van der Waals surface area contributed by atoms with Crippen molar-refractivity contribution in [2.24, 2.45) is 0 Å². The summed E-state index contributed by atoms with van der Waals surface area (Å²) in [6.45, 7) is 0. The molecule has 2 N–H and O–H groups in total. The maximum Gasteiger partial charge on any atom is 0.269 e. The van der Waals surface area contributed by atoms with Crippen LogP contribution in [0.25, 0.3) is 0 Å². The van der Waals surface area contributed by atoms with Crippen LogP contribution in [0.4, 0.5) is 11.4 Å². The zero-order valence-electron chi connectivity index (χ0n) is 17.3. The second kappa shape index (κ2) is 9.05. The Morgan fingerprint density at radius 2 is 1.70 bits per heavy atom. The maximum atomic E-state index is 10.9. The molecular formula is C24H19N5O2S2. The molecule has 3 heterocycles. The quantitative estimate of drug-likeness (QED) is 0.213. The molecular weight excluding hydrogens is 454 g/mol. The predicted octanol–water partition coefficient (Wildman–Crippen LogP) is 5.65. The largest absolute Gasteiger partial charge is 0.363 e. The van der Waals surface area contributed by atoms with Crippen molar-refractivity contribution >= 4 is 40.5 Å². The van der Waals surface area contributed by atoms with Crippen LogP contribution in [0.5, 0.6) is 0 Å². The lowest BCUT2D eigenvalue weighted by atomic mass is 10.0. The first-order chi connectivity index (χ1) is 16.1. The number of non-ortho nitro benzene ring substituents is 1. The topological polar surface area (TPSA) is 87.1 Å². The van der Waals surface area contributed by atoms with E-state index < -0.39 is 4.92 Å². The molecule has 0 saturated carbocycles. The molecule has 7 nitrogen and oxygen atoms in total. The van der Waals surface area contributed by atoms with Crippen molar-refractivity contribution in [1.29, 1.82) is 0 Å². The molecule has 5 rings (SSSR count). The van der Waals surface area contributed by atoms with E-state index in [2.05, 4.69) is 26.3 Å². The van der Waals surface area contributed by atoms with E-state index in [0.29, 0.717) is 5.11 Å². The third-order valence-electron chi connectivity index (χ3n) is 5.44. The average molecular weight is 474 g/mol. The minimum Gasteiger partial charge on any atom is -0.363 e. The number of aromatic amines is 1. The van der Waals surface area contributed by atoms with E-state index in [4.69, 9.17) is 12.2 Å². The number of hydrogen-bond acceptors (Lipinski definition) is 5. The molecule has 0 bridgehead atoms. The minimum absolute atomic E-state index is 0.0735. The van der Waals surface area contributed by atoms with Crippen LogP contribution in [-0.2, 0) is 0 Å². The second-order valence-electron chi connectivity index (χ2n) is 7.47. The monoisotopic (exact) mass is 473 g/mol. The predicted molar refractivity (Wildman–Crippen MR) is 132 cm³/mol. The summed E-state index contributed by atoms with van der Waals surface area (Å²) < 4.78 is 0. The number of hydrogen-bond donors (Lipinski definition) is 2. The van der Waals surface area contributed by atoms with Crippen molar-refractivity contribution in [2.75, 3.05) is 4.90 Å². The summed E-state index contributed by atoms with van der Waals surface area (Å²) in [6, 6.07) is 24.5. The molecule has 0 radical (unpaired) electrons. The van der Waals surface area contributed by atoms with E-state index in [0.717, 1.165) is 26.9 Å². The van der Waals surface area contributed by atoms with E-state index in [1.165, 1.54) is 12.1 Å². The number of pyridine rings is 1. The fourth-order valence-corrected chi connectivity index (χ4v) is 5.09. The highest BCUT2D eigenvalue weighted by molar-refractivity contribution is 7.99. The number of anilines is 1. The van der Waals surface area contributed by atoms with Gasteiger partial charge in [-0.25, -0.2) is 0 Å². The number of rotatable bonds is 6. The highest BCUT2D eigenvalue weighted by atomic mass is 32.2. The van der Waals surface area contributed by atoms with Crippen LogP contribution in [0, 0.1) is 10.1 Å². The summed E-state index contributed by atoms with van der Waals surface area (Å²) in [5.41, 5.74) is 3.02. The number of nitrogens with zero attached hydrogens (tertiary/aromatic N) is 3. The third kappa shape index (κ3) is 4.33. The fourth-order valence-electron chi connectivity index (χ4n) is 3.92. The van der Waals surface area contributed by atoms with Crippen LogP contribution in [0.15, 0.2) is 101 Å². The van der Waals surface area contributed by atoms with Gasteiger partial charge in [-0.2, -0.15) is 0 Å². The van der Waals surface area contributed by atoms with Crippen LogP contribution < -0.4 is 10.2 Å². The number of thiocarbonyl (C=S) groups is 1. The van der Waals surface area contributed by atoms with Crippen LogP contribution >= 0.6 is 24.0 Å². The Labute approximate surface area is 200 Å². The molecule has 1 aliphatic heterocycles. The zero-order valence-corrected chi connectivity index (χ0v) is 18.9. The van der Waals surface area contributed by atoms with E-state index in [-0.39, 0.29) is 17.8 Å². The Hall–Kier alpha value is -3.69. The molecule has 2 aromatic heterocycles. The van der Waals surface area contributed by atoms with Crippen molar-refractivity contribution in [3.8, 4) is 0 Å². The Balaban J connectivity index is 1.41. The first-order valence-electron chi connectivity index (χ1n) is 10.3. The zero-order chi connectivity index (χ0) is 22.8. The van der Waals surface area contributed by atoms with Gasteiger partial charge in [0.15, 0.2) is 5.11 Å². The molecule has 0 unspecified atom stereocenters. The minimum atomic E-state index is -0.394. The van der Waals surface area contributed by atoms with Crippen LogP contribution in [-0.4, -0.2) is 20.0 Å². The molecule has 1 fully saturated rings. The Bertz CT molecular complexity index is 1260. The van der Waals surface area contributed by atoms with Gasteiger partial charge >= 0.3 is 0 Å². The summed E-state index contributed by atoms with van der Waals surface area (Å²) >= 11 is 7.28. The lowest BCUT2D eigenvalue weighted by Gasteiger charge is -2.27. The lowest BCUT2D eigenvalue weighted by molar-refractivity contribution is -0.384. The van der Waals surface area contributed by atoms with Crippen molar-refractivity contribution in [1.82, 2.24) is 15.3 Å². The van der Waals surface area contributed by atoms with Gasteiger partial charge in [0.05, 0.1) is 16.7 Å². The van der Waals surface area contributed by atoms with Gasteiger partial charge in [-0.15, -0.1) is 0 Å². The number of nitrogens with one attached hydrogen (secondary N) is 2. The normalized spacial score (nSPS) is 17.7. The molecule has 0 spiro atoms. The van der Waals surface area contributed by atoms with Gasteiger partial charge in [0.25, 0.3) is 5.69 Å². The number of benzene rings is 2. The summed E-state index contributed by atoms with van der Waals surface area (Å²) in [4.78, 5) is 22.4. The van der Waals surface area contributed by atoms with Crippen LogP contribution in [0.1, 0.15) is 23.5 Å². The molecule has 0 amide bonds. The third-order valence-corrected chi connectivity index (χ3v) is 6.77. The lowest BCUT2D eigenvalue weighted by Crippen LogP contribution is -2.29. The Kier molecular flexibility index (Phi) is 5.80. The fraction of sp³-hybridized carbons (Fsp3) is 0.0833. The van der Waals surface area contributed by atoms with Crippen molar-refractivity contribution in [3.63, 3.8) is 0 Å². The van der Waals surface area contributed by atoms with Crippen molar-refractivity contribution in [3.05, 3.63) is 113 Å². The first kappa shape index (κ1) is 21.2. The van der Waals surface area contributed by atoms with Gasteiger partial charge < -0.3 is 15.2 Å². The molecule has 2 atom stereocenters. The highest BCUT2D eigenvalue weighted by Crippen LogP contribution is 2.41. The Morgan fingerprint density at radius 3 is 2.30 bits per heavy atom. The smallest absolute Gasteiger partial charge is 0.269 e. The van der Waals surface area contributed by atoms with Crippen LogP contribution in [0.3, 0.4) is 0 Å². The average Bonchev–Trinajstić information content (AvgIpc) is 3.48. The van der Waals surface area contributed by atoms with Gasteiger partial charge in [-0.3, -0.25) is 15.1 Å². The van der Waals surface area contributed by atoms with Gasteiger partial charge in [0.1, 0.15) is 6.04 Å². The molecule has 33 heavy (non-hydrogen) atoms. The summed E-state index contributed by atoms with van der Waals surface area (Å²) in [7, 11) is 0. The van der Waals surface area contributed by atoms with Gasteiger partial charge in [0, 0.05) is 45.7 Å². The van der Waals surface area contributed by atoms with Gasteiger partial charge in [0.2, 0.25) is 0 Å². The summed E-state index contributed by atoms with van der Waals surface area (Å²) in [5, 5.41) is 14.9. The number of H-pyrrole nitrogens is 1. The molecule has 0 aliphatic carbocycles. The number of aromatic nitrogens is 2. The van der Waals surface area contributed by atoms with E-state index >= 15 is 0 Å². The van der Waals surface area contributed by atoms with E-state index in [9.17, 15) is 10.1 Å². The molecule has 2 aromatic carbocycles. The van der Waals surface area contributed by atoms with Crippen molar-refractivity contribution < 1.29 is 4.92 Å². The molecule has 9 heteroatoms. The maximum absolute atomic E-state index is 10.9. The summed E-state index contributed by atoms with van der Waals surface area (Å²) in [5.74, 6) is 0. The first-order valence-corrected chi connectivity index (χ1v) is 11.5. The van der Waals surface area contributed by atoms with E-state index in [1.807, 2.05) is 54.7 Å². The molecule has 4 aromatic rings.